The lowest BCUT2D eigenvalue weighted by molar-refractivity contribution is -0.120. The minimum absolute atomic E-state index is 0.0197. The van der Waals surface area contributed by atoms with Crippen LogP contribution in [0.3, 0.4) is 0 Å². The zero-order chi connectivity index (χ0) is 18.8. The van der Waals surface area contributed by atoms with Gasteiger partial charge in [-0.3, -0.25) is 4.79 Å². The lowest BCUT2D eigenvalue weighted by Crippen LogP contribution is -2.47. The van der Waals surface area contributed by atoms with Gasteiger partial charge in [0, 0.05) is 30.5 Å². The molecule has 2 aromatic heterocycles. The zero-order valence-corrected chi connectivity index (χ0v) is 15.3. The average Bonchev–Trinajstić information content (AvgIpc) is 3.11. The largest absolute Gasteiger partial charge is 0.423 e. The van der Waals surface area contributed by atoms with Gasteiger partial charge in [-0.1, -0.05) is 0 Å². The number of piperazine rings is 1. The highest BCUT2D eigenvalue weighted by molar-refractivity contribution is 5.82. The molecule has 3 aromatic rings. The van der Waals surface area contributed by atoms with Crippen LogP contribution in [0, 0.1) is 13.8 Å². The summed E-state index contributed by atoms with van der Waals surface area (Å²) in [4.78, 5) is 22.1. The predicted octanol–water partition coefficient (Wildman–Crippen LogP) is 3.03. The second-order valence-corrected chi connectivity index (χ2v) is 6.71. The summed E-state index contributed by atoms with van der Waals surface area (Å²) in [5, 5.41) is 6.13. The van der Waals surface area contributed by atoms with Gasteiger partial charge in [-0.25, -0.2) is 9.97 Å². The van der Waals surface area contributed by atoms with Gasteiger partial charge in [0.05, 0.1) is 6.20 Å². The zero-order valence-electron chi connectivity index (χ0n) is 15.3. The van der Waals surface area contributed by atoms with Gasteiger partial charge in [0.2, 0.25) is 5.91 Å². The minimum Gasteiger partial charge on any atom is -0.423 e. The van der Waals surface area contributed by atoms with E-state index >= 15 is 0 Å². The molecule has 0 radical (unpaired) electrons. The van der Waals surface area contributed by atoms with Crippen molar-refractivity contribution in [3.05, 3.63) is 53.9 Å². The normalized spacial score (nSPS) is 14.1. The summed E-state index contributed by atoms with van der Waals surface area (Å²) >= 11 is 0. The number of amides is 1. The number of hydrogen-bond acceptors (Lipinski definition) is 6. The molecule has 0 spiro atoms. The maximum Gasteiger partial charge on any atom is 0.298 e. The molecular formula is C20H21N5O2. The lowest BCUT2D eigenvalue weighted by atomic mass is 10.1. The summed E-state index contributed by atoms with van der Waals surface area (Å²) in [5.74, 6) is 1.44. The van der Waals surface area contributed by atoms with E-state index in [1.807, 2.05) is 43.0 Å². The number of rotatable bonds is 4. The monoisotopic (exact) mass is 363 g/mol. The lowest BCUT2D eigenvalue weighted by Gasteiger charge is -2.24. The molecule has 2 N–H and O–H groups in total. The topological polar surface area (TPSA) is 83.3 Å². The fraction of sp³-hybridized carbons (Fsp3) is 0.250. The van der Waals surface area contributed by atoms with Gasteiger partial charge in [0.1, 0.15) is 12.4 Å². The number of oxazole rings is 1. The van der Waals surface area contributed by atoms with E-state index in [0.717, 1.165) is 28.2 Å². The molecule has 1 amide bonds. The molecule has 0 aliphatic carbocycles. The Morgan fingerprint density at radius 3 is 2.85 bits per heavy atom. The number of carbonyl (C=O) groups is 1. The van der Waals surface area contributed by atoms with Crippen LogP contribution < -0.4 is 15.5 Å². The second-order valence-electron chi connectivity index (χ2n) is 6.71. The van der Waals surface area contributed by atoms with E-state index in [0.29, 0.717) is 24.9 Å². The quantitative estimate of drug-likeness (QED) is 0.741. The molecule has 0 bridgehead atoms. The molecule has 0 atom stereocenters. The molecule has 3 heterocycles. The maximum atomic E-state index is 11.6. The Balaban J connectivity index is 1.59. The van der Waals surface area contributed by atoms with Crippen molar-refractivity contribution in [2.75, 3.05) is 29.9 Å². The van der Waals surface area contributed by atoms with E-state index in [4.69, 9.17) is 4.42 Å². The molecule has 1 aliphatic rings. The van der Waals surface area contributed by atoms with Crippen LogP contribution in [0.25, 0.3) is 11.3 Å². The van der Waals surface area contributed by atoms with Gasteiger partial charge in [-0.15, -0.1) is 0 Å². The minimum atomic E-state index is -0.0197. The van der Waals surface area contributed by atoms with Gasteiger partial charge in [-0.2, -0.15) is 0 Å². The van der Waals surface area contributed by atoms with Crippen LogP contribution in [0.5, 0.6) is 0 Å². The van der Waals surface area contributed by atoms with Crippen molar-refractivity contribution in [1.82, 2.24) is 15.3 Å². The second kappa shape index (κ2) is 7.11. The van der Waals surface area contributed by atoms with Gasteiger partial charge in [0.15, 0.2) is 5.76 Å². The molecule has 27 heavy (non-hydrogen) atoms. The molecule has 1 aliphatic heterocycles. The predicted molar refractivity (Wildman–Crippen MR) is 104 cm³/mol. The van der Waals surface area contributed by atoms with Gasteiger partial charge < -0.3 is 20.0 Å². The summed E-state index contributed by atoms with van der Waals surface area (Å²) in [7, 11) is 0. The number of aryl methyl sites for hydroxylation is 2. The van der Waals surface area contributed by atoms with E-state index < -0.39 is 0 Å². The van der Waals surface area contributed by atoms with Crippen molar-refractivity contribution in [1.29, 1.82) is 0 Å². The van der Waals surface area contributed by atoms with E-state index in [2.05, 4.69) is 26.7 Å². The van der Waals surface area contributed by atoms with Crippen LogP contribution in [0.4, 0.5) is 17.5 Å². The fourth-order valence-corrected chi connectivity index (χ4v) is 3.10. The number of hydrogen-bond donors (Lipinski definition) is 2. The van der Waals surface area contributed by atoms with Crippen molar-refractivity contribution in [2.24, 2.45) is 0 Å². The molecule has 1 aromatic carbocycles. The first-order valence-corrected chi connectivity index (χ1v) is 8.86. The molecule has 1 fully saturated rings. The molecule has 0 saturated carbocycles. The molecular weight excluding hydrogens is 342 g/mol. The van der Waals surface area contributed by atoms with E-state index in [1.165, 1.54) is 0 Å². The molecule has 7 heteroatoms. The summed E-state index contributed by atoms with van der Waals surface area (Å²) < 4.78 is 5.93. The standard InChI is InChI=1S/C20H21N5O2/c1-13-3-4-21-18(9-13)24-16-8-14(2)7-15(10-16)17-11-23-20(27-17)25-6-5-22-19(26)12-25/h3-4,7-11H,5-6,12H2,1-2H3,(H,21,24)(H,22,26). The van der Waals surface area contributed by atoms with Gasteiger partial charge >= 0.3 is 0 Å². The van der Waals surface area contributed by atoms with Crippen LogP contribution in [-0.2, 0) is 4.79 Å². The number of carbonyl (C=O) groups excluding carboxylic acids is 1. The van der Waals surface area contributed by atoms with Gasteiger partial charge in [-0.05, 0) is 55.3 Å². The molecule has 1 saturated heterocycles. The van der Waals surface area contributed by atoms with Crippen LogP contribution >= 0.6 is 0 Å². The highest BCUT2D eigenvalue weighted by Crippen LogP contribution is 2.29. The van der Waals surface area contributed by atoms with Crippen molar-refractivity contribution >= 4 is 23.4 Å². The molecule has 7 nitrogen and oxygen atoms in total. The van der Waals surface area contributed by atoms with Crippen LogP contribution in [0.1, 0.15) is 11.1 Å². The Labute approximate surface area is 157 Å². The first-order chi connectivity index (χ1) is 13.1. The van der Waals surface area contributed by atoms with E-state index in [-0.39, 0.29) is 12.5 Å². The summed E-state index contributed by atoms with van der Waals surface area (Å²) in [6.07, 6.45) is 3.48. The molecule has 4 rings (SSSR count). The number of aromatic nitrogens is 2. The fourth-order valence-electron chi connectivity index (χ4n) is 3.10. The first kappa shape index (κ1) is 17.1. The van der Waals surface area contributed by atoms with Crippen molar-refractivity contribution in [3.63, 3.8) is 0 Å². The van der Waals surface area contributed by atoms with Crippen LogP contribution in [-0.4, -0.2) is 35.5 Å². The van der Waals surface area contributed by atoms with Gasteiger partial charge in [0.25, 0.3) is 6.01 Å². The Bertz CT molecular complexity index is 982. The highest BCUT2D eigenvalue weighted by atomic mass is 16.4. The maximum absolute atomic E-state index is 11.6. The van der Waals surface area contributed by atoms with Crippen molar-refractivity contribution in [2.45, 2.75) is 13.8 Å². The van der Waals surface area contributed by atoms with Crippen LogP contribution in [0.15, 0.2) is 47.1 Å². The number of anilines is 3. The Hall–Kier alpha value is -3.35. The Morgan fingerprint density at radius 2 is 2.04 bits per heavy atom. The third kappa shape index (κ3) is 3.92. The molecule has 138 valence electrons. The smallest absolute Gasteiger partial charge is 0.298 e. The summed E-state index contributed by atoms with van der Waals surface area (Å²) in [5.41, 5.74) is 4.09. The SMILES string of the molecule is Cc1cc(Nc2cc(C)ccn2)cc(-c2cnc(N3CCNC(=O)C3)o2)c1. The third-order valence-electron chi connectivity index (χ3n) is 4.35. The Kier molecular flexibility index (Phi) is 4.50. The first-order valence-electron chi connectivity index (χ1n) is 8.86. The van der Waals surface area contributed by atoms with Crippen LogP contribution in [0.2, 0.25) is 0 Å². The third-order valence-corrected chi connectivity index (χ3v) is 4.35. The van der Waals surface area contributed by atoms with Crippen molar-refractivity contribution in [3.8, 4) is 11.3 Å². The number of nitrogens with one attached hydrogen (secondary N) is 2. The number of benzene rings is 1. The number of nitrogens with zero attached hydrogens (tertiary/aromatic N) is 3. The highest BCUT2D eigenvalue weighted by Gasteiger charge is 2.21. The van der Waals surface area contributed by atoms with E-state index in [9.17, 15) is 4.79 Å². The average molecular weight is 363 g/mol. The Morgan fingerprint density at radius 1 is 1.15 bits per heavy atom. The summed E-state index contributed by atoms with van der Waals surface area (Å²) in [6, 6.07) is 10.5. The molecule has 0 unspecified atom stereocenters. The van der Waals surface area contributed by atoms with E-state index in [1.54, 1.807) is 12.4 Å². The summed E-state index contributed by atoms with van der Waals surface area (Å²) in [6.45, 7) is 5.61. The van der Waals surface area contributed by atoms with Crippen molar-refractivity contribution < 1.29 is 9.21 Å². The number of pyridine rings is 1.